The molecule has 8 heteroatoms. The molecule has 0 saturated heterocycles. The van der Waals surface area contributed by atoms with E-state index >= 15 is 0 Å². The first-order valence-corrected chi connectivity index (χ1v) is 11.3. The highest BCUT2D eigenvalue weighted by atomic mass is 32.2. The molecule has 1 fully saturated rings. The summed E-state index contributed by atoms with van der Waals surface area (Å²) in [7, 11) is -3.30. The van der Waals surface area contributed by atoms with Crippen molar-refractivity contribution in [1.82, 2.24) is 15.0 Å². The molecule has 1 aliphatic carbocycles. The maximum absolute atomic E-state index is 11.9. The van der Waals surface area contributed by atoms with Crippen LogP contribution in [0.3, 0.4) is 0 Å². The number of nitrogens with one attached hydrogen (secondary N) is 1. The van der Waals surface area contributed by atoms with E-state index in [0.29, 0.717) is 22.6 Å². The number of anilines is 2. The quantitative estimate of drug-likeness (QED) is 0.555. The van der Waals surface area contributed by atoms with Crippen LogP contribution in [0.1, 0.15) is 23.8 Å². The highest BCUT2D eigenvalue weighted by molar-refractivity contribution is 7.90. The third-order valence-electron chi connectivity index (χ3n) is 4.63. The molecule has 0 spiro atoms. The lowest BCUT2D eigenvalue weighted by Gasteiger charge is -2.09. The van der Waals surface area contributed by atoms with Crippen LogP contribution in [0.25, 0.3) is 21.1 Å². The number of hydrogen-bond acceptors (Lipinski definition) is 7. The van der Waals surface area contributed by atoms with Crippen molar-refractivity contribution >= 4 is 53.8 Å². The molecule has 2 heterocycles. The predicted molar refractivity (Wildman–Crippen MR) is 108 cm³/mol. The van der Waals surface area contributed by atoms with Crippen LogP contribution in [-0.2, 0) is 9.84 Å². The van der Waals surface area contributed by atoms with E-state index in [9.17, 15) is 8.42 Å². The smallest absolute Gasteiger partial charge is 0.175 e. The van der Waals surface area contributed by atoms with Crippen molar-refractivity contribution in [2.75, 3.05) is 11.6 Å². The van der Waals surface area contributed by atoms with Crippen molar-refractivity contribution in [1.29, 1.82) is 0 Å². The third-order valence-corrected chi connectivity index (χ3v) is 6.92. The Balaban J connectivity index is 1.56. The molecule has 1 aliphatic rings. The molecule has 27 heavy (non-hydrogen) atoms. The maximum atomic E-state index is 11.9. The van der Waals surface area contributed by atoms with Crippen molar-refractivity contribution < 1.29 is 8.42 Å². The standard InChI is InChI=1S/C19H16N4O2S2/c1-27(24,25)13-5-7-15-14(9-13)18(21-10-20-15)22-12-4-6-16-17(8-12)26-19(23-16)11-2-3-11/h4-11H,2-3H2,1H3,(H,20,21,22). The number of rotatable bonds is 4. The molecular formula is C19H16N4O2S2. The summed E-state index contributed by atoms with van der Waals surface area (Å²) in [5, 5.41) is 5.19. The zero-order valence-electron chi connectivity index (χ0n) is 14.5. The van der Waals surface area contributed by atoms with E-state index in [2.05, 4.69) is 21.4 Å². The van der Waals surface area contributed by atoms with Gasteiger partial charge in [0.15, 0.2) is 9.84 Å². The van der Waals surface area contributed by atoms with Gasteiger partial charge in [-0.15, -0.1) is 11.3 Å². The number of hydrogen-bond donors (Lipinski definition) is 1. The molecular weight excluding hydrogens is 380 g/mol. The minimum Gasteiger partial charge on any atom is -0.340 e. The molecule has 0 atom stereocenters. The fraction of sp³-hybridized carbons (Fsp3) is 0.211. The van der Waals surface area contributed by atoms with Crippen LogP contribution < -0.4 is 5.32 Å². The minimum absolute atomic E-state index is 0.250. The molecule has 1 saturated carbocycles. The summed E-state index contributed by atoms with van der Waals surface area (Å²) in [5.74, 6) is 1.22. The normalized spacial score (nSPS) is 14.7. The molecule has 4 aromatic rings. The molecule has 2 aromatic carbocycles. The van der Waals surface area contributed by atoms with E-state index in [-0.39, 0.29) is 4.90 Å². The van der Waals surface area contributed by atoms with Crippen molar-refractivity contribution in [3.63, 3.8) is 0 Å². The Hall–Kier alpha value is -2.58. The Kier molecular flexibility index (Phi) is 3.66. The Labute approximate surface area is 160 Å². The van der Waals surface area contributed by atoms with Gasteiger partial charge in [-0.1, -0.05) is 0 Å². The number of nitrogens with zero attached hydrogens (tertiary/aromatic N) is 3. The fourth-order valence-corrected chi connectivity index (χ4v) is 4.85. The van der Waals surface area contributed by atoms with Crippen molar-refractivity contribution in [3.8, 4) is 0 Å². The molecule has 0 unspecified atom stereocenters. The zero-order chi connectivity index (χ0) is 18.6. The minimum atomic E-state index is -3.30. The Morgan fingerprint density at radius 2 is 1.89 bits per heavy atom. The molecule has 6 nitrogen and oxygen atoms in total. The van der Waals surface area contributed by atoms with Crippen LogP contribution in [0.4, 0.5) is 11.5 Å². The van der Waals surface area contributed by atoms with E-state index in [4.69, 9.17) is 4.98 Å². The first-order valence-electron chi connectivity index (χ1n) is 8.60. The van der Waals surface area contributed by atoms with Gasteiger partial charge < -0.3 is 5.32 Å². The van der Waals surface area contributed by atoms with Crippen molar-refractivity contribution in [3.05, 3.63) is 47.7 Å². The van der Waals surface area contributed by atoms with Gasteiger partial charge in [0, 0.05) is 23.2 Å². The van der Waals surface area contributed by atoms with Crippen LogP contribution in [0.5, 0.6) is 0 Å². The van der Waals surface area contributed by atoms with E-state index in [1.807, 2.05) is 12.1 Å². The van der Waals surface area contributed by atoms with Crippen LogP contribution >= 0.6 is 11.3 Å². The summed E-state index contributed by atoms with van der Waals surface area (Å²) < 4.78 is 24.9. The first kappa shape index (κ1) is 16.6. The molecule has 0 aliphatic heterocycles. The van der Waals surface area contributed by atoms with E-state index in [0.717, 1.165) is 15.9 Å². The van der Waals surface area contributed by atoms with Crippen LogP contribution in [0.15, 0.2) is 47.6 Å². The molecule has 0 radical (unpaired) electrons. The highest BCUT2D eigenvalue weighted by Crippen LogP contribution is 2.43. The molecule has 136 valence electrons. The molecule has 0 bridgehead atoms. The Bertz CT molecular complexity index is 1290. The van der Waals surface area contributed by atoms with Crippen LogP contribution in [-0.4, -0.2) is 29.6 Å². The molecule has 1 N–H and O–H groups in total. The number of sulfone groups is 1. The lowest BCUT2D eigenvalue weighted by Crippen LogP contribution is -2.00. The van der Waals surface area contributed by atoms with Crippen LogP contribution in [0.2, 0.25) is 0 Å². The highest BCUT2D eigenvalue weighted by Gasteiger charge is 2.27. The van der Waals surface area contributed by atoms with Gasteiger partial charge in [-0.2, -0.15) is 0 Å². The lowest BCUT2D eigenvalue weighted by molar-refractivity contribution is 0.602. The predicted octanol–water partition coefficient (Wildman–Crippen LogP) is 4.26. The van der Waals surface area contributed by atoms with Gasteiger partial charge in [0.2, 0.25) is 0 Å². The van der Waals surface area contributed by atoms with Gasteiger partial charge in [0.05, 0.1) is 25.6 Å². The van der Waals surface area contributed by atoms with Gasteiger partial charge in [0.25, 0.3) is 0 Å². The van der Waals surface area contributed by atoms with Gasteiger partial charge in [-0.3, -0.25) is 0 Å². The summed E-state index contributed by atoms with van der Waals surface area (Å²) >= 11 is 1.74. The second-order valence-corrected chi connectivity index (χ2v) is 9.89. The zero-order valence-corrected chi connectivity index (χ0v) is 16.1. The Morgan fingerprint density at radius 1 is 1.07 bits per heavy atom. The van der Waals surface area contributed by atoms with E-state index in [1.165, 1.54) is 30.4 Å². The van der Waals surface area contributed by atoms with E-state index < -0.39 is 9.84 Å². The average Bonchev–Trinajstić information content (AvgIpc) is 3.40. The maximum Gasteiger partial charge on any atom is 0.175 e. The summed E-state index contributed by atoms with van der Waals surface area (Å²) in [4.78, 5) is 13.5. The summed E-state index contributed by atoms with van der Waals surface area (Å²) in [6, 6.07) is 10.9. The summed E-state index contributed by atoms with van der Waals surface area (Å²) in [5.41, 5.74) is 2.59. The Morgan fingerprint density at radius 3 is 2.67 bits per heavy atom. The second-order valence-electron chi connectivity index (χ2n) is 6.81. The van der Waals surface area contributed by atoms with Gasteiger partial charge in [-0.05, 0) is 49.2 Å². The lowest BCUT2D eigenvalue weighted by atomic mass is 10.2. The van der Waals surface area contributed by atoms with E-state index in [1.54, 1.807) is 29.5 Å². The van der Waals surface area contributed by atoms with Gasteiger partial charge in [-0.25, -0.2) is 23.4 Å². The summed E-state index contributed by atoms with van der Waals surface area (Å²) in [6.45, 7) is 0. The van der Waals surface area contributed by atoms with Crippen molar-refractivity contribution in [2.45, 2.75) is 23.7 Å². The molecule has 2 aromatic heterocycles. The number of aromatic nitrogens is 3. The number of fused-ring (bicyclic) bond motifs is 2. The SMILES string of the molecule is CS(=O)(=O)c1ccc2ncnc(Nc3ccc4nc(C5CC5)sc4c3)c2c1. The number of benzene rings is 2. The summed E-state index contributed by atoms with van der Waals surface area (Å²) in [6.07, 6.45) is 5.14. The van der Waals surface area contributed by atoms with Gasteiger partial charge >= 0.3 is 0 Å². The third kappa shape index (κ3) is 3.15. The van der Waals surface area contributed by atoms with Gasteiger partial charge in [0.1, 0.15) is 12.1 Å². The second kappa shape index (κ2) is 5.97. The molecule has 0 amide bonds. The first-order chi connectivity index (χ1) is 13.0. The topological polar surface area (TPSA) is 84.8 Å². The monoisotopic (exact) mass is 396 g/mol. The fourth-order valence-electron chi connectivity index (χ4n) is 3.03. The average molecular weight is 396 g/mol. The van der Waals surface area contributed by atoms with Crippen molar-refractivity contribution in [2.24, 2.45) is 0 Å². The van der Waals surface area contributed by atoms with Crippen LogP contribution in [0, 0.1) is 0 Å². The largest absolute Gasteiger partial charge is 0.340 e. The number of thiazole rings is 1. The molecule has 5 rings (SSSR count).